The molecule has 1 atom stereocenters. The number of amides is 1. The Hall–Kier alpha value is -1.79. The van der Waals surface area contributed by atoms with Gasteiger partial charge in [-0.2, -0.15) is 0 Å². The Morgan fingerprint density at radius 1 is 1.43 bits per heavy atom. The lowest BCUT2D eigenvalue weighted by Crippen LogP contribution is -2.26. The average molecular weight is 285 g/mol. The summed E-state index contributed by atoms with van der Waals surface area (Å²) in [6, 6.07) is 5.64. The normalized spacial score (nSPS) is 18.6. The number of benzene rings is 1. The second kappa shape index (κ2) is 6.32. The molecule has 0 aromatic heterocycles. The van der Waals surface area contributed by atoms with Crippen LogP contribution >= 0.6 is 0 Å². The first-order valence-corrected chi connectivity index (χ1v) is 7.42. The number of aliphatic hydroxyl groups excluding tert-OH is 1. The molecule has 2 N–H and O–H groups in total. The highest BCUT2D eigenvalue weighted by Gasteiger charge is 2.45. The molecule has 1 saturated carbocycles. The predicted octanol–water partition coefficient (Wildman–Crippen LogP) is 2.50. The molecule has 0 radical (unpaired) electrons. The number of carbonyl (C=O) groups excluding carboxylic acids is 1. The highest BCUT2D eigenvalue weighted by Crippen LogP contribution is 2.50. The minimum Gasteiger partial charge on any atom is -0.395 e. The highest BCUT2D eigenvalue weighted by atomic mass is 16.2. The van der Waals surface area contributed by atoms with Crippen molar-refractivity contribution in [2.24, 2.45) is 11.3 Å². The molecule has 0 spiro atoms. The second-order valence-electron chi connectivity index (χ2n) is 6.46. The van der Waals surface area contributed by atoms with Gasteiger partial charge in [0.25, 0.3) is 5.91 Å². The third kappa shape index (κ3) is 4.34. The maximum atomic E-state index is 12.2. The van der Waals surface area contributed by atoms with E-state index in [2.05, 4.69) is 31.0 Å². The Kier molecular flexibility index (Phi) is 4.69. The van der Waals surface area contributed by atoms with Crippen LogP contribution in [0.1, 0.15) is 48.2 Å². The fourth-order valence-corrected chi connectivity index (χ4v) is 2.45. The van der Waals surface area contributed by atoms with Crippen LogP contribution in [0.15, 0.2) is 18.2 Å². The summed E-state index contributed by atoms with van der Waals surface area (Å²) in [4.78, 5) is 12.2. The minimum atomic E-state index is -0.0355. The lowest BCUT2D eigenvalue weighted by Gasteiger charge is -2.08. The number of hydrogen-bond donors (Lipinski definition) is 2. The van der Waals surface area contributed by atoms with Crippen LogP contribution in [0.3, 0.4) is 0 Å². The lowest BCUT2D eigenvalue weighted by atomic mass is 10.1. The van der Waals surface area contributed by atoms with Crippen LogP contribution in [0.5, 0.6) is 0 Å². The maximum absolute atomic E-state index is 12.2. The van der Waals surface area contributed by atoms with E-state index in [0.717, 1.165) is 17.7 Å². The first-order chi connectivity index (χ1) is 9.92. The molecule has 1 aliphatic carbocycles. The van der Waals surface area contributed by atoms with Gasteiger partial charge in [0.05, 0.1) is 6.61 Å². The summed E-state index contributed by atoms with van der Waals surface area (Å²) in [5.41, 5.74) is 2.87. The van der Waals surface area contributed by atoms with Crippen molar-refractivity contribution in [2.75, 3.05) is 13.2 Å². The molecule has 1 aliphatic rings. The molecule has 1 amide bonds. The van der Waals surface area contributed by atoms with Crippen molar-refractivity contribution in [3.63, 3.8) is 0 Å². The van der Waals surface area contributed by atoms with E-state index in [1.165, 1.54) is 6.42 Å². The predicted molar refractivity (Wildman–Crippen MR) is 84.0 cm³/mol. The molecular weight excluding hydrogens is 262 g/mol. The largest absolute Gasteiger partial charge is 0.395 e. The molecule has 21 heavy (non-hydrogen) atoms. The summed E-state index contributed by atoms with van der Waals surface area (Å²) in [6.45, 7) is 7.21. The number of aliphatic hydroxyl groups is 1. The molecule has 112 valence electrons. The third-order valence-corrected chi connectivity index (χ3v) is 4.04. The van der Waals surface area contributed by atoms with Crippen LogP contribution in [0, 0.1) is 30.1 Å². The summed E-state index contributed by atoms with van der Waals surface area (Å²) in [6.07, 6.45) is 1.63. The van der Waals surface area contributed by atoms with Crippen LogP contribution in [-0.4, -0.2) is 24.2 Å². The van der Waals surface area contributed by atoms with Crippen LogP contribution in [0.4, 0.5) is 0 Å². The molecule has 3 nitrogen and oxygen atoms in total. The molecule has 0 saturated heterocycles. The molecular formula is C18H23NO2. The van der Waals surface area contributed by atoms with Crippen molar-refractivity contribution >= 4 is 5.91 Å². The molecule has 3 heteroatoms. The van der Waals surface area contributed by atoms with Crippen molar-refractivity contribution in [1.82, 2.24) is 5.32 Å². The number of nitrogens with one attached hydrogen (secondary N) is 1. The van der Waals surface area contributed by atoms with Gasteiger partial charge in [-0.25, -0.2) is 0 Å². The van der Waals surface area contributed by atoms with Crippen molar-refractivity contribution in [3.8, 4) is 11.8 Å². The van der Waals surface area contributed by atoms with Crippen LogP contribution in [-0.2, 0) is 0 Å². The second-order valence-corrected chi connectivity index (χ2v) is 6.46. The summed E-state index contributed by atoms with van der Waals surface area (Å²) in [5, 5.41) is 11.8. The molecule has 1 fully saturated rings. The summed E-state index contributed by atoms with van der Waals surface area (Å²) in [5.74, 6) is 6.42. The molecule has 0 bridgehead atoms. The highest BCUT2D eigenvalue weighted by molar-refractivity contribution is 5.94. The van der Waals surface area contributed by atoms with Gasteiger partial charge >= 0.3 is 0 Å². The minimum absolute atomic E-state index is 0.0355. The molecule has 2 rings (SSSR count). The first kappa shape index (κ1) is 15.6. The molecule has 1 unspecified atom stereocenters. The van der Waals surface area contributed by atoms with Crippen LogP contribution in [0.2, 0.25) is 0 Å². The van der Waals surface area contributed by atoms with E-state index in [1.54, 1.807) is 0 Å². The van der Waals surface area contributed by atoms with Crippen LogP contribution in [0.25, 0.3) is 0 Å². The number of aryl methyl sites for hydroxylation is 1. The van der Waals surface area contributed by atoms with Crippen LogP contribution < -0.4 is 5.32 Å². The van der Waals surface area contributed by atoms with E-state index in [-0.39, 0.29) is 12.5 Å². The Morgan fingerprint density at radius 2 is 2.14 bits per heavy atom. The van der Waals surface area contributed by atoms with Gasteiger partial charge in [0.2, 0.25) is 0 Å². The summed E-state index contributed by atoms with van der Waals surface area (Å²) < 4.78 is 0. The summed E-state index contributed by atoms with van der Waals surface area (Å²) >= 11 is 0. The topological polar surface area (TPSA) is 49.3 Å². The first-order valence-electron chi connectivity index (χ1n) is 7.42. The number of hydrogen-bond acceptors (Lipinski definition) is 2. The van der Waals surface area contributed by atoms with Gasteiger partial charge in [0.1, 0.15) is 0 Å². The van der Waals surface area contributed by atoms with E-state index in [9.17, 15) is 4.79 Å². The zero-order chi connectivity index (χ0) is 15.5. The smallest absolute Gasteiger partial charge is 0.251 e. The van der Waals surface area contributed by atoms with E-state index >= 15 is 0 Å². The maximum Gasteiger partial charge on any atom is 0.251 e. The van der Waals surface area contributed by atoms with Gasteiger partial charge in [-0.1, -0.05) is 25.7 Å². The zero-order valence-electron chi connectivity index (χ0n) is 13.0. The Labute approximate surface area is 126 Å². The molecule has 0 heterocycles. The van der Waals surface area contributed by atoms with E-state index in [4.69, 9.17) is 5.11 Å². The molecule has 1 aromatic rings. The molecule has 0 aliphatic heterocycles. The van der Waals surface area contributed by atoms with Gasteiger partial charge in [-0.3, -0.25) is 4.79 Å². The van der Waals surface area contributed by atoms with Crippen molar-refractivity contribution in [1.29, 1.82) is 0 Å². The van der Waals surface area contributed by atoms with Gasteiger partial charge in [-0.05, 0) is 48.4 Å². The van der Waals surface area contributed by atoms with Gasteiger partial charge < -0.3 is 10.4 Å². The van der Waals surface area contributed by atoms with E-state index < -0.39 is 0 Å². The molecule has 1 aromatic carbocycles. The van der Waals surface area contributed by atoms with Crippen molar-refractivity contribution < 1.29 is 9.90 Å². The van der Waals surface area contributed by atoms with E-state index in [0.29, 0.717) is 23.3 Å². The monoisotopic (exact) mass is 285 g/mol. The van der Waals surface area contributed by atoms with Crippen molar-refractivity contribution in [3.05, 3.63) is 34.9 Å². The fraction of sp³-hybridized carbons (Fsp3) is 0.500. The Balaban J connectivity index is 2.02. The quantitative estimate of drug-likeness (QED) is 0.835. The zero-order valence-corrected chi connectivity index (χ0v) is 13.0. The lowest BCUT2D eigenvalue weighted by molar-refractivity contribution is 0.0950. The van der Waals surface area contributed by atoms with Gasteiger partial charge in [0, 0.05) is 24.1 Å². The number of rotatable bonds is 4. The third-order valence-electron chi connectivity index (χ3n) is 4.04. The summed E-state index contributed by atoms with van der Waals surface area (Å²) in [7, 11) is 0. The average Bonchev–Trinajstić information content (AvgIpc) is 3.03. The number of carbonyl (C=O) groups is 1. The SMILES string of the molecule is Cc1cc(C#CCCO)cc(C(=O)NCC2CC2(C)C)c1. The standard InChI is InChI=1S/C18H23NO2/c1-13-8-14(6-4-5-7-20)10-15(9-13)17(21)19-12-16-11-18(16,2)3/h8-10,16,20H,5,7,11-12H2,1-3H3,(H,19,21). The Morgan fingerprint density at radius 3 is 2.76 bits per heavy atom. The van der Waals surface area contributed by atoms with Gasteiger partial charge in [0.15, 0.2) is 0 Å². The Bertz CT molecular complexity index is 593. The van der Waals surface area contributed by atoms with Gasteiger partial charge in [-0.15, -0.1) is 0 Å². The van der Waals surface area contributed by atoms with Crippen molar-refractivity contribution in [2.45, 2.75) is 33.6 Å². The van der Waals surface area contributed by atoms with E-state index in [1.807, 2.05) is 25.1 Å². The fourth-order valence-electron chi connectivity index (χ4n) is 2.45.